The Hall–Kier alpha value is -0.0900. The second-order valence-corrected chi connectivity index (χ2v) is 6.41. The summed E-state index contributed by atoms with van der Waals surface area (Å²) in [5.74, 6) is 0.301. The van der Waals surface area contributed by atoms with E-state index < -0.39 is 9.84 Å². The molecule has 0 saturated carbocycles. The lowest BCUT2D eigenvalue weighted by Crippen LogP contribution is -2.19. The molecule has 0 amide bonds. The van der Waals surface area contributed by atoms with Crippen LogP contribution in [0.25, 0.3) is 0 Å². The van der Waals surface area contributed by atoms with Crippen LogP contribution < -0.4 is 5.32 Å². The lowest BCUT2D eigenvalue weighted by atomic mass is 10.1. The minimum Gasteiger partial charge on any atom is -0.317 e. The first-order chi connectivity index (χ1) is 7.06. The van der Waals surface area contributed by atoms with E-state index in [1.165, 1.54) is 38.4 Å². The van der Waals surface area contributed by atoms with Crippen LogP contribution in [-0.2, 0) is 9.84 Å². The summed E-state index contributed by atoms with van der Waals surface area (Å²) in [6.45, 7) is 4.05. The van der Waals surface area contributed by atoms with Gasteiger partial charge in [0.25, 0.3) is 0 Å². The normalized spacial score (nSPS) is 11.9. The van der Waals surface area contributed by atoms with Gasteiger partial charge in [-0.05, 0) is 25.9 Å². The van der Waals surface area contributed by atoms with Crippen molar-refractivity contribution >= 4 is 9.84 Å². The van der Waals surface area contributed by atoms with Crippen molar-refractivity contribution < 1.29 is 8.42 Å². The van der Waals surface area contributed by atoms with Crippen molar-refractivity contribution in [2.45, 2.75) is 45.4 Å². The molecule has 0 aromatic carbocycles. The fraction of sp³-hybridized carbons (Fsp3) is 1.00. The van der Waals surface area contributed by atoms with Gasteiger partial charge in [0.2, 0.25) is 0 Å². The average molecular weight is 235 g/mol. The van der Waals surface area contributed by atoms with Crippen LogP contribution in [0, 0.1) is 0 Å². The van der Waals surface area contributed by atoms with Crippen LogP contribution in [0.15, 0.2) is 0 Å². The third-order valence-corrected chi connectivity index (χ3v) is 3.36. The van der Waals surface area contributed by atoms with E-state index in [2.05, 4.69) is 12.2 Å². The highest BCUT2D eigenvalue weighted by Gasteiger charge is 2.00. The summed E-state index contributed by atoms with van der Waals surface area (Å²) in [5.41, 5.74) is 0. The SMILES string of the molecule is CCCCCCCNCCCS(C)(=O)=O. The molecule has 0 fully saturated rings. The van der Waals surface area contributed by atoms with E-state index in [1.807, 2.05) is 0 Å². The Labute approximate surface area is 94.6 Å². The zero-order valence-corrected chi connectivity index (χ0v) is 10.9. The Morgan fingerprint density at radius 3 is 2.13 bits per heavy atom. The van der Waals surface area contributed by atoms with Gasteiger partial charge in [-0.25, -0.2) is 8.42 Å². The number of hydrogen-bond acceptors (Lipinski definition) is 3. The van der Waals surface area contributed by atoms with E-state index in [-0.39, 0.29) is 0 Å². The van der Waals surface area contributed by atoms with Gasteiger partial charge < -0.3 is 5.32 Å². The molecule has 0 spiro atoms. The molecule has 0 heterocycles. The standard InChI is InChI=1S/C11H25NO2S/c1-3-4-5-6-7-9-12-10-8-11-15(2,13)14/h12H,3-11H2,1-2H3. The summed E-state index contributed by atoms with van der Waals surface area (Å²) < 4.78 is 21.6. The summed E-state index contributed by atoms with van der Waals surface area (Å²) in [4.78, 5) is 0. The van der Waals surface area contributed by atoms with Crippen molar-refractivity contribution in [2.75, 3.05) is 25.1 Å². The zero-order chi connectivity index (χ0) is 11.6. The summed E-state index contributed by atoms with van der Waals surface area (Å²) >= 11 is 0. The summed E-state index contributed by atoms with van der Waals surface area (Å²) in [7, 11) is -2.77. The molecule has 1 N–H and O–H groups in total. The molecule has 0 aromatic rings. The van der Waals surface area contributed by atoms with Crippen molar-refractivity contribution in [3.8, 4) is 0 Å². The van der Waals surface area contributed by atoms with E-state index in [0.29, 0.717) is 5.75 Å². The molecule has 0 aliphatic heterocycles. The minimum atomic E-state index is -2.77. The molecule has 0 rings (SSSR count). The van der Waals surface area contributed by atoms with Crippen molar-refractivity contribution in [1.29, 1.82) is 0 Å². The van der Waals surface area contributed by atoms with Crippen LogP contribution in [0.2, 0.25) is 0 Å². The minimum absolute atomic E-state index is 0.301. The highest BCUT2D eigenvalue weighted by Crippen LogP contribution is 2.00. The molecule has 0 aromatic heterocycles. The molecule has 0 aliphatic carbocycles. The van der Waals surface area contributed by atoms with Crippen LogP contribution in [0.4, 0.5) is 0 Å². The Morgan fingerprint density at radius 1 is 0.933 bits per heavy atom. The van der Waals surface area contributed by atoms with Crippen molar-refractivity contribution in [2.24, 2.45) is 0 Å². The largest absolute Gasteiger partial charge is 0.317 e. The lowest BCUT2D eigenvalue weighted by Gasteiger charge is -2.03. The maximum atomic E-state index is 10.8. The first-order valence-electron chi connectivity index (χ1n) is 5.94. The average Bonchev–Trinajstić information content (AvgIpc) is 2.14. The Balaban J connectivity index is 3.06. The molecule has 0 radical (unpaired) electrons. The maximum Gasteiger partial charge on any atom is 0.147 e. The van der Waals surface area contributed by atoms with Crippen molar-refractivity contribution in [3.05, 3.63) is 0 Å². The van der Waals surface area contributed by atoms with E-state index >= 15 is 0 Å². The van der Waals surface area contributed by atoms with Gasteiger partial charge in [0, 0.05) is 6.26 Å². The highest BCUT2D eigenvalue weighted by atomic mass is 32.2. The van der Waals surface area contributed by atoms with Crippen LogP contribution in [0.5, 0.6) is 0 Å². The molecule has 0 aliphatic rings. The quantitative estimate of drug-likeness (QED) is 0.589. The van der Waals surface area contributed by atoms with E-state index in [0.717, 1.165) is 19.5 Å². The van der Waals surface area contributed by atoms with Crippen LogP contribution >= 0.6 is 0 Å². The van der Waals surface area contributed by atoms with Gasteiger partial charge in [0.05, 0.1) is 5.75 Å². The topological polar surface area (TPSA) is 46.2 Å². The maximum absolute atomic E-state index is 10.8. The number of nitrogens with one attached hydrogen (secondary N) is 1. The summed E-state index contributed by atoms with van der Waals surface area (Å²) in [5, 5.41) is 3.27. The molecular formula is C11H25NO2S. The number of sulfone groups is 1. The smallest absolute Gasteiger partial charge is 0.147 e. The molecule has 0 saturated heterocycles. The Kier molecular flexibility index (Phi) is 9.10. The van der Waals surface area contributed by atoms with E-state index in [1.54, 1.807) is 0 Å². The second-order valence-electron chi connectivity index (χ2n) is 4.15. The van der Waals surface area contributed by atoms with Gasteiger partial charge in [-0.1, -0.05) is 32.6 Å². The lowest BCUT2D eigenvalue weighted by molar-refractivity contribution is 0.574. The summed E-state index contributed by atoms with van der Waals surface area (Å²) in [6.07, 6.45) is 8.44. The van der Waals surface area contributed by atoms with Gasteiger partial charge in [0.15, 0.2) is 0 Å². The van der Waals surface area contributed by atoms with Crippen LogP contribution in [-0.4, -0.2) is 33.5 Å². The fourth-order valence-corrected chi connectivity index (χ4v) is 2.11. The first-order valence-corrected chi connectivity index (χ1v) is 8.00. The van der Waals surface area contributed by atoms with Gasteiger partial charge in [-0.15, -0.1) is 0 Å². The number of rotatable bonds is 10. The monoisotopic (exact) mass is 235 g/mol. The Bertz CT molecular complexity index is 225. The predicted octanol–water partition coefficient (Wildman–Crippen LogP) is 1.98. The molecule has 92 valence electrons. The Morgan fingerprint density at radius 2 is 1.53 bits per heavy atom. The fourth-order valence-electron chi connectivity index (χ4n) is 1.44. The molecule has 0 unspecified atom stereocenters. The van der Waals surface area contributed by atoms with Gasteiger partial charge in [0.1, 0.15) is 9.84 Å². The van der Waals surface area contributed by atoms with Gasteiger partial charge >= 0.3 is 0 Å². The predicted molar refractivity (Wildman–Crippen MR) is 66.0 cm³/mol. The van der Waals surface area contributed by atoms with Crippen LogP contribution in [0.1, 0.15) is 45.4 Å². The molecule has 4 heteroatoms. The molecule has 15 heavy (non-hydrogen) atoms. The van der Waals surface area contributed by atoms with E-state index in [9.17, 15) is 8.42 Å². The van der Waals surface area contributed by atoms with Crippen molar-refractivity contribution in [1.82, 2.24) is 5.32 Å². The number of hydrogen-bond donors (Lipinski definition) is 1. The van der Waals surface area contributed by atoms with E-state index in [4.69, 9.17) is 0 Å². The second kappa shape index (κ2) is 9.16. The zero-order valence-electron chi connectivity index (χ0n) is 10.1. The molecule has 0 atom stereocenters. The summed E-state index contributed by atoms with van der Waals surface area (Å²) in [6, 6.07) is 0. The number of unbranched alkanes of at least 4 members (excludes halogenated alkanes) is 4. The highest BCUT2D eigenvalue weighted by molar-refractivity contribution is 7.90. The first kappa shape index (κ1) is 14.9. The molecule has 3 nitrogen and oxygen atoms in total. The third kappa shape index (κ3) is 13.9. The third-order valence-electron chi connectivity index (χ3n) is 2.33. The molecular weight excluding hydrogens is 210 g/mol. The molecule has 0 bridgehead atoms. The van der Waals surface area contributed by atoms with Crippen LogP contribution in [0.3, 0.4) is 0 Å². The van der Waals surface area contributed by atoms with Gasteiger partial charge in [-0.3, -0.25) is 0 Å². The van der Waals surface area contributed by atoms with Gasteiger partial charge in [-0.2, -0.15) is 0 Å². The van der Waals surface area contributed by atoms with Crippen molar-refractivity contribution in [3.63, 3.8) is 0 Å².